The molecule has 1 aliphatic rings. The highest BCUT2D eigenvalue weighted by molar-refractivity contribution is 5.74. The van der Waals surface area contributed by atoms with Crippen LogP contribution < -0.4 is 5.32 Å². The lowest BCUT2D eigenvalue weighted by Crippen LogP contribution is -2.44. The van der Waals surface area contributed by atoms with Gasteiger partial charge in [0.15, 0.2) is 0 Å². The van der Waals surface area contributed by atoms with Gasteiger partial charge in [-0.25, -0.2) is 9.97 Å². The molecule has 2 aromatic rings. The van der Waals surface area contributed by atoms with Gasteiger partial charge in [-0.3, -0.25) is 9.78 Å². The third kappa shape index (κ3) is 3.05. The van der Waals surface area contributed by atoms with Crippen molar-refractivity contribution in [2.24, 2.45) is 0 Å². The monoisotopic (exact) mass is 297 g/mol. The van der Waals surface area contributed by atoms with E-state index in [9.17, 15) is 4.79 Å². The Morgan fingerprint density at radius 1 is 1.41 bits per heavy atom. The molecule has 6 nitrogen and oxygen atoms in total. The van der Waals surface area contributed by atoms with Gasteiger partial charge in [0, 0.05) is 25.7 Å². The van der Waals surface area contributed by atoms with Gasteiger partial charge in [-0.05, 0) is 25.5 Å². The molecule has 3 rings (SSSR count). The standard InChI is InChI=1S/C16H19N5O/c1-11-19-14(15-6-8-21(15)12(2)22)9-16(20-11)18-10-13-5-3-4-7-17-13/h3-5,7,9,15H,6,8,10H2,1-2H3,(H,18,19,20)/t15-/m0/s1. The van der Waals surface area contributed by atoms with Gasteiger partial charge in [-0.1, -0.05) is 6.07 Å². The molecular weight excluding hydrogens is 278 g/mol. The fraction of sp³-hybridized carbons (Fsp3) is 0.375. The van der Waals surface area contributed by atoms with Crippen LogP contribution in [-0.4, -0.2) is 32.3 Å². The lowest BCUT2D eigenvalue weighted by molar-refractivity contribution is -0.136. The molecule has 1 N–H and O–H groups in total. The topological polar surface area (TPSA) is 71.0 Å². The molecule has 0 saturated carbocycles. The average molecular weight is 297 g/mol. The van der Waals surface area contributed by atoms with Crippen LogP contribution >= 0.6 is 0 Å². The summed E-state index contributed by atoms with van der Waals surface area (Å²) >= 11 is 0. The van der Waals surface area contributed by atoms with E-state index in [1.54, 1.807) is 13.1 Å². The molecule has 0 radical (unpaired) electrons. The van der Waals surface area contributed by atoms with Crippen molar-refractivity contribution in [1.29, 1.82) is 0 Å². The zero-order valence-electron chi connectivity index (χ0n) is 12.8. The number of hydrogen-bond donors (Lipinski definition) is 1. The summed E-state index contributed by atoms with van der Waals surface area (Å²) in [5, 5.41) is 3.27. The SMILES string of the molecule is CC(=O)N1CC[C@H]1c1cc(NCc2ccccn2)nc(C)n1. The number of rotatable bonds is 4. The number of carbonyl (C=O) groups excluding carboxylic acids is 1. The number of carbonyl (C=O) groups is 1. The number of hydrogen-bond acceptors (Lipinski definition) is 5. The highest BCUT2D eigenvalue weighted by Gasteiger charge is 2.32. The Balaban J connectivity index is 1.74. The minimum atomic E-state index is 0.0783. The van der Waals surface area contributed by atoms with Gasteiger partial charge in [0.2, 0.25) is 5.91 Å². The zero-order valence-corrected chi connectivity index (χ0v) is 12.8. The van der Waals surface area contributed by atoms with Crippen LogP contribution in [0.2, 0.25) is 0 Å². The van der Waals surface area contributed by atoms with Crippen LogP contribution in [0.25, 0.3) is 0 Å². The van der Waals surface area contributed by atoms with Crippen molar-refractivity contribution in [2.45, 2.75) is 32.9 Å². The van der Waals surface area contributed by atoms with E-state index in [0.717, 1.165) is 30.2 Å². The molecular formula is C16H19N5O. The molecule has 2 aromatic heterocycles. The van der Waals surface area contributed by atoms with E-state index in [1.807, 2.05) is 36.1 Å². The molecule has 0 spiro atoms. The molecule has 0 bridgehead atoms. The number of nitrogens with one attached hydrogen (secondary N) is 1. The molecule has 6 heteroatoms. The Morgan fingerprint density at radius 2 is 2.27 bits per heavy atom. The van der Waals surface area contributed by atoms with Crippen molar-refractivity contribution >= 4 is 11.7 Å². The van der Waals surface area contributed by atoms with Gasteiger partial charge < -0.3 is 10.2 Å². The third-order valence-corrected chi connectivity index (χ3v) is 3.80. The first-order chi connectivity index (χ1) is 10.6. The summed E-state index contributed by atoms with van der Waals surface area (Å²) in [6.45, 7) is 4.88. The molecule has 3 heterocycles. The van der Waals surface area contributed by atoms with Crippen LogP contribution in [0, 0.1) is 6.92 Å². The number of likely N-dealkylation sites (tertiary alicyclic amines) is 1. The quantitative estimate of drug-likeness (QED) is 0.935. The Morgan fingerprint density at radius 3 is 2.91 bits per heavy atom. The summed E-state index contributed by atoms with van der Waals surface area (Å²) < 4.78 is 0. The molecule has 1 saturated heterocycles. The zero-order chi connectivity index (χ0) is 15.5. The largest absolute Gasteiger partial charge is 0.364 e. The summed E-state index contributed by atoms with van der Waals surface area (Å²) in [5.74, 6) is 1.57. The minimum Gasteiger partial charge on any atom is -0.364 e. The van der Waals surface area contributed by atoms with E-state index < -0.39 is 0 Å². The van der Waals surface area contributed by atoms with Crippen LogP contribution in [-0.2, 0) is 11.3 Å². The molecule has 0 unspecified atom stereocenters. The Bertz CT molecular complexity index is 673. The molecule has 1 fully saturated rings. The lowest BCUT2D eigenvalue weighted by Gasteiger charge is -2.40. The number of nitrogens with zero attached hydrogens (tertiary/aromatic N) is 4. The summed E-state index contributed by atoms with van der Waals surface area (Å²) in [6, 6.07) is 7.82. The summed E-state index contributed by atoms with van der Waals surface area (Å²) in [4.78, 5) is 26.6. The fourth-order valence-corrected chi connectivity index (χ4v) is 2.61. The van der Waals surface area contributed by atoms with Gasteiger partial charge in [0.05, 0.1) is 24.0 Å². The van der Waals surface area contributed by atoms with E-state index in [1.165, 1.54) is 0 Å². The van der Waals surface area contributed by atoms with Crippen molar-refractivity contribution in [3.63, 3.8) is 0 Å². The van der Waals surface area contributed by atoms with Gasteiger partial charge in [0.1, 0.15) is 11.6 Å². The maximum Gasteiger partial charge on any atom is 0.220 e. The average Bonchev–Trinajstić information content (AvgIpc) is 2.44. The van der Waals surface area contributed by atoms with Crippen molar-refractivity contribution in [2.75, 3.05) is 11.9 Å². The maximum absolute atomic E-state index is 11.5. The smallest absolute Gasteiger partial charge is 0.220 e. The van der Waals surface area contributed by atoms with Gasteiger partial charge in [0.25, 0.3) is 0 Å². The minimum absolute atomic E-state index is 0.0783. The molecule has 1 amide bonds. The predicted octanol–water partition coefficient (Wildman–Crippen LogP) is 2.09. The van der Waals surface area contributed by atoms with E-state index in [-0.39, 0.29) is 11.9 Å². The Labute approximate surface area is 129 Å². The van der Waals surface area contributed by atoms with Gasteiger partial charge >= 0.3 is 0 Å². The van der Waals surface area contributed by atoms with E-state index in [0.29, 0.717) is 12.4 Å². The van der Waals surface area contributed by atoms with Crippen molar-refractivity contribution in [3.8, 4) is 0 Å². The van der Waals surface area contributed by atoms with E-state index in [2.05, 4.69) is 20.3 Å². The van der Waals surface area contributed by atoms with E-state index in [4.69, 9.17) is 0 Å². The van der Waals surface area contributed by atoms with Gasteiger partial charge in [-0.15, -0.1) is 0 Å². The van der Waals surface area contributed by atoms with Gasteiger partial charge in [-0.2, -0.15) is 0 Å². The summed E-state index contributed by atoms with van der Waals surface area (Å²) in [6.07, 6.45) is 2.72. The van der Waals surface area contributed by atoms with E-state index >= 15 is 0 Å². The molecule has 1 aliphatic heterocycles. The molecule has 114 valence electrons. The van der Waals surface area contributed by atoms with Crippen LogP contribution in [0.5, 0.6) is 0 Å². The Kier molecular flexibility index (Phi) is 4.00. The number of aromatic nitrogens is 3. The summed E-state index contributed by atoms with van der Waals surface area (Å²) in [5.41, 5.74) is 1.85. The first-order valence-electron chi connectivity index (χ1n) is 7.40. The van der Waals surface area contributed by atoms with Crippen molar-refractivity contribution in [1.82, 2.24) is 19.9 Å². The summed E-state index contributed by atoms with van der Waals surface area (Å²) in [7, 11) is 0. The number of anilines is 1. The van der Waals surface area contributed by atoms with Crippen LogP contribution in [0.15, 0.2) is 30.5 Å². The van der Waals surface area contributed by atoms with Crippen LogP contribution in [0.3, 0.4) is 0 Å². The highest BCUT2D eigenvalue weighted by Crippen LogP contribution is 2.32. The Hall–Kier alpha value is -2.50. The molecule has 0 aliphatic carbocycles. The first-order valence-corrected chi connectivity index (χ1v) is 7.40. The second-order valence-corrected chi connectivity index (χ2v) is 5.42. The van der Waals surface area contributed by atoms with Crippen LogP contribution in [0.1, 0.15) is 36.6 Å². The molecule has 0 aromatic carbocycles. The molecule has 22 heavy (non-hydrogen) atoms. The number of aryl methyl sites for hydroxylation is 1. The number of amides is 1. The van der Waals surface area contributed by atoms with Crippen molar-refractivity contribution in [3.05, 3.63) is 47.7 Å². The first kappa shape index (κ1) is 14.4. The lowest BCUT2D eigenvalue weighted by atomic mass is 9.99. The highest BCUT2D eigenvalue weighted by atomic mass is 16.2. The molecule has 1 atom stereocenters. The second kappa shape index (κ2) is 6.09. The predicted molar refractivity (Wildman–Crippen MR) is 83.1 cm³/mol. The third-order valence-electron chi connectivity index (χ3n) is 3.80. The van der Waals surface area contributed by atoms with Crippen LogP contribution in [0.4, 0.5) is 5.82 Å². The number of pyridine rings is 1. The normalized spacial score (nSPS) is 17.0. The fourth-order valence-electron chi connectivity index (χ4n) is 2.61. The van der Waals surface area contributed by atoms with Crippen molar-refractivity contribution < 1.29 is 4.79 Å². The second-order valence-electron chi connectivity index (χ2n) is 5.42. The maximum atomic E-state index is 11.5.